The number of nitrogen functional groups attached to an aromatic ring is 2. The maximum Gasteiger partial charge on any atom is 0.315 e. The Labute approximate surface area is 647 Å². The van der Waals surface area contributed by atoms with Crippen molar-refractivity contribution in [2.24, 2.45) is 40.9 Å². The first-order valence-corrected chi connectivity index (χ1v) is 42.4. The number of azo groups is 4. The van der Waals surface area contributed by atoms with Crippen molar-refractivity contribution in [3.8, 4) is 11.5 Å². The summed E-state index contributed by atoms with van der Waals surface area (Å²) < 4.78 is 315. The second-order valence-electron chi connectivity index (χ2n) is 23.5. The lowest BCUT2D eigenvalue weighted by Gasteiger charge is -2.14. The summed E-state index contributed by atoms with van der Waals surface area (Å²) in [4.78, 5) is 13.1. The van der Waals surface area contributed by atoms with E-state index >= 15 is 8.78 Å². The van der Waals surface area contributed by atoms with Gasteiger partial charge in [0.15, 0.2) is 11.5 Å². The van der Waals surface area contributed by atoms with Crippen LogP contribution in [-0.2, 0) is 80.9 Å². The van der Waals surface area contributed by atoms with Gasteiger partial charge < -0.3 is 42.9 Å². The zero-order valence-electron chi connectivity index (χ0n) is 56.6. The van der Waals surface area contributed by atoms with Crippen LogP contribution in [0.5, 0.6) is 11.5 Å². The number of aromatic nitrogens is 6. The molecule has 0 amide bonds. The number of rotatable bonds is 25. The highest BCUT2D eigenvalue weighted by Gasteiger charge is 2.32. The molecule has 0 bridgehead atoms. The molecular weight excluding hydrogens is 1710 g/mol. The predicted molar refractivity (Wildman–Crippen MR) is 399 cm³/mol. The van der Waals surface area contributed by atoms with Gasteiger partial charge in [0.2, 0.25) is 23.8 Å². The summed E-state index contributed by atoms with van der Waals surface area (Å²) in [6.45, 7) is -0.633. The molecule has 0 aliphatic rings. The zero-order valence-corrected chi connectivity index (χ0v) is 63.1. The second-order valence-corrected chi connectivity index (χ2v) is 34.6. The second kappa shape index (κ2) is 30.5. The third-order valence-electron chi connectivity index (χ3n) is 15.9. The van der Waals surface area contributed by atoms with Crippen LogP contribution in [0, 0.1) is 12.2 Å². The van der Waals surface area contributed by atoms with Gasteiger partial charge in [-0.15, -0.1) is 35.8 Å². The largest absolute Gasteiger partial charge is 0.505 e. The van der Waals surface area contributed by atoms with E-state index in [2.05, 4.69) is 92.1 Å². The lowest BCUT2D eigenvalue weighted by atomic mass is 10.1. The number of aromatic hydroxyl groups is 2. The van der Waals surface area contributed by atoms with E-state index in [1.165, 1.54) is 60.7 Å². The van der Waals surface area contributed by atoms with Crippen molar-refractivity contribution >= 4 is 216 Å². The highest BCUT2D eigenvalue weighted by atomic mass is 32.2. The number of anilines is 8. The maximum atomic E-state index is 15.1. The Balaban J connectivity index is 0.780. The smallest absolute Gasteiger partial charge is 0.315 e. The average molecular weight is 1760 g/mol. The molecule has 0 radical (unpaired) electrons. The Morgan fingerprint density at radius 1 is 0.328 bits per heavy atom. The Hall–Kier alpha value is -12.8. The number of phenolic OH excluding ortho intramolecular Hbond substituents is 2. The van der Waals surface area contributed by atoms with Crippen LogP contribution in [0.15, 0.2) is 214 Å². The molecule has 0 spiro atoms. The molecule has 2 aromatic heterocycles. The highest BCUT2D eigenvalue weighted by Crippen LogP contribution is 2.51. The van der Waals surface area contributed by atoms with Gasteiger partial charge in [-0.1, -0.05) is 54.6 Å². The number of hydrogen-bond acceptors (Lipinski definition) is 38. The van der Waals surface area contributed by atoms with Crippen molar-refractivity contribution in [1.29, 1.82) is 0 Å². The number of benzene rings is 10. The van der Waals surface area contributed by atoms with Crippen LogP contribution < -0.4 is 32.7 Å². The Bertz CT molecular complexity index is 7390. The maximum absolute atomic E-state index is 15.1. The summed E-state index contributed by atoms with van der Waals surface area (Å²) >= 11 is 0. The van der Waals surface area contributed by atoms with Crippen LogP contribution in [0.1, 0.15) is 0 Å². The van der Waals surface area contributed by atoms with Crippen LogP contribution in [0.25, 0.3) is 43.1 Å². The first-order valence-electron chi connectivity index (χ1n) is 30.9. The summed E-state index contributed by atoms with van der Waals surface area (Å²) in [5.41, 5.74) is 2.62. The minimum Gasteiger partial charge on any atom is -0.505 e. The number of halogens is 2. The number of phenols is 2. The average Bonchev–Trinajstić information content (AvgIpc) is 0.740. The van der Waals surface area contributed by atoms with E-state index < -0.39 is 246 Å². The number of nitrogens with two attached hydrogens (primary N) is 2. The van der Waals surface area contributed by atoms with Gasteiger partial charge in [-0.05, 0) is 100 Å². The minimum atomic E-state index is -5.57. The number of nitrogens with zero attached hydrogens (tertiary/aromatic N) is 14. The van der Waals surface area contributed by atoms with Crippen molar-refractivity contribution in [2.45, 2.75) is 39.2 Å². The van der Waals surface area contributed by atoms with Crippen LogP contribution in [0.3, 0.4) is 0 Å². The van der Waals surface area contributed by atoms with Crippen LogP contribution in [0.4, 0.5) is 101 Å². The van der Waals surface area contributed by atoms with Crippen LogP contribution in [0.2, 0.25) is 0 Å². The molecule has 10 aromatic carbocycles. The SMILES string of the molecule is Nc1c(N=Nc2cc(Nc3nc(F)nc(NCCNc4nc(F)nc(Nc5ccc(S(=O)(=O)O)c(N=Nc6c(S(=O)(=O)O)cc7cc(S(=O)(=O)O)c(N=Nc8ccc9ccccc9c8S(=O)(=O)O)c(O)c7c6N)c5)n4)n3)ccc2S(=O)(=O)O)c(S(=O)(=O)O)cc2cc(S(=O)(=O)O)c(N=Nc3cc(S(=O)(=O)O)c4ccccc4c3)c(O)c12. The third kappa shape index (κ3) is 17.8. The third-order valence-corrected chi connectivity index (χ3v) is 23.0. The van der Waals surface area contributed by atoms with Crippen molar-refractivity contribution in [1.82, 2.24) is 29.9 Å². The number of fused-ring (bicyclic) bond motifs is 4. The predicted octanol–water partition coefficient (Wildman–Crippen LogP) is 10.2. The van der Waals surface area contributed by atoms with E-state index in [1.54, 1.807) is 0 Å². The topological polar surface area (TPSA) is 752 Å². The summed E-state index contributed by atoms with van der Waals surface area (Å²) in [6, 6.07) is 22.4. The van der Waals surface area contributed by atoms with Crippen molar-refractivity contribution in [3.05, 3.63) is 146 Å². The van der Waals surface area contributed by atoms with E-state index in [4.69, 9.17) is 11.5 Å². The number of nitrogens with one attached hydrogen (secondary N) is 4. The van der Waals surface area contributed by atoms with Crippen molar-refractivity contribution in [2.75, 3.05) is 45.8 Å². The van der Waals surface area contributed by atoms with Gasteiger partial charge in [-0.25, -0.2) is 0 Å². The van der Waals surface area contributed by atoms with Gasteiger partial charge in [0, 0.05) is 35.2 Å². The monoisotopic (exact) mass is 1750 g/mol. The van der Waals surface area contributed by atoms with Gasteiger partial charge in [0.25, 0.3) is 80.9 Å². The fourth-order valence-electron chi connectivity index (χ4n) is 11.1. The number of hydrogen-bond donors (Lipinski definition) is 16. The van der Waals surface area contributed by atoms with Crippen molar-refractivity contribution < 1.29 is 123 Å². The molecule has 0 aliphatic heterocycles. The standard InChI is InChI=1S/C60H44F2N20O26S8/c61-55-69-57(73-59(71-55)67-29-10-13-37(109(85,86)87)35(22-29)77-79-48-40(112(94,95)96)18-27-20-42(114(100,101)102)50(52(83)44(27)46(48)63)81-75-31-17-26-6-2-3-7-32(26)39(24-31)111(91,92)93)65-15-16-66-58-70-56(62)72-60(74-58)68-30-11-14-38(110(88,89)90)36(23-30)78-80-49-41(113(97,98)99)19-28-21-43(115(103,104)105)51(53(84)45(28)47(49)64)82-76-34-12-9-25-5-1-4-8-33(25)54(34)116(106,107)108/h1-14,17-24,83-84H,15-16,63-64H2,(H,85,86,87)(H,88,89,90)(H,91,92,93)(H,94,95,96)(H,97,98,99)(H,100,101,102)(H,103,104,105)(H,106,107,108)(H2,65,67,69,71,73)(H2,66,68,70,72,74). The van der Waals surface area contributed by atoms with Gasteiger partial charge >= 0.3 is 12.2 Å². The first-order chi connectivity index (χ1) is 54.0. The molecule has 0 atom stereocenters. The van der Waals surface area contributed by atoms with E-state index in [-0.39, 0.29) is 46.0 Å². The summed E-state index contributed by atoms with van der Waals surface area (Å²) in [7, 11) is -42.9. The molecule has 116 heavy (non-hydrogen) atoms. The first kappa shape index (κ1) is 82.7. The molecule has 2 heterocycles. The normalized spacial score (nSPS) is 13.0. The van der Waals surface area contributed by atoms with E-state index in [9.17, 15) is 114 Å². The summed E-state index contributed by atoms with van der Waals surface area (Å²) in [5.74, 6) is -5.05. The molecule has 46 nitrogen and oxygen atoms in total. The molecule has 0 saturated carbocycles. The van der Waals surface area contributed by atoms with Crippen LogP contribution in [-0.4, -0.2) is 157 Å². The molecule has 12 rings (SSSR count). The fraction of sp³-hybridized carbons (Fsp3) is 0.0333. The Kier molecular flexibility index (Phi) is 21.7. The van der Waals surface area contributed by atoms with Crippen molar-refractivity contribution in [3.63, 3.8) is 0 Å². The van der Waals surface area contributed by atoms with Crippen LogP contribution >= 0.6 is 0 Å². The van der Waals surface area contributed by atoms with E-state index in [1.807, 2.05) is 0 Å². The Morgan fingerprint density at radius 2 is 0.690 bits per heavy atom. The highest BCUT2D eigenvalue weighted by molar-refractivity contribution is 7.88. The molecule has 0 aliphatic carbocycles. The molecule has 18 N–H and O–H groups in total. The summed E-state index contributed by atoms with van der Waals surface area (Å²) in [6.07, 6.45) is -2.96. The molecule has 0 fully saturated rings. The minimum absolute atomic E-state index is 0.0120. The van der Waals surface area contributed by atoms with Gasteiger partial charge in [-0.3, -0.25) is 36.4 Å². The van der Waals surface area contributed by atoms with Gasteiger partial charge in [-0.2, -0.15) is 111 Å². The van der Waals surface area contributed by atoms with Gasteiger partial charge in [0.1, 0.15) is 79.0 Å². The zero-order chi connectivity index (χ0) is 84.5. The van der Waals surface area contributed by atoms with E-state index in [0.29, 0.717) is 36.4 Å². The molecule has 0 saturated heterocycles. The van der Waals surface area contributed by atoms with Gasteiger partial charge in [0.05, 0.1) is 27.8 Å². The molecule has 0 unspecified atom stereocenters. The van der Waals surface area contributed by atoms with E-state index in [0.717, 1.165) is 36.4 Å². The Morgan fingerprint density at radius 3 is 1.10 bits per heavy atom. The quantitative estimate of drug-likeness (QED) is 0.0109. The molecule has 56 heteroatoms. The lowest BCUT2D eigenvalue weighted by Crippen LogP contribution is -2.18. The molecule has 12 aromatic rings. The fourth-order valence-corrected chi connectivity index (χ4v) is 16.5. The summed E-state index contributed by atoms with van der Waals surface area (Å²) in [5, 5.41) is 60.5. The molecule has 602 valence electrons. The molecular formula is C60H44F2N20O26S8. The lowest BCUT2D eigenvalue weighted by molar-refractivity contribution is 0.471.